The van der Waals surface area contributed by atoms with Crippen LogP contribution in [0.25, 0.3) is 6.08 Å². The summed E-state index contributed by atoms with van der Waals surface area (Å²) in [7, 11) is 0. The monoisotopic (exact) mass is 385 g/mol. The van der Waals surface area contributed by atoms with Crippen molar-refractivity contribution in [3.05, 3.63) is 70.8 Å². The van der Waals surface area contributed by atoms with Gasteiger partial charge in [0, 0.05) is 30.2 Å². The van der Waals surface area contributed by atoms with E-state index in [0.717, 1.165) is 44.8 Å². The van der Waals surface area contributed by atoms with Crippen molar-refractivity contribution < 1.29 is 14.3 Å². The summed E-state index contributed by atoms with van der Waals surface area (Å²) in [4.78, 5) is 14.8. The first kappa shape index (κ1) is 19.6. The van der Waals surface area contributed by atoms with Crippen molar-refractivity contribution in [2.75, 3.05) is 39.5 Å². The van der Waals surface area contributed by atoms with Crippen molar-refractivity contribution in [3.8, 4) is 5.75 Å². The maximum atomic E-state index is 12.4. The highest BCUT2D eigenvalue weighted by atomic mass is 35.5. The van der Waals surface area contributed by atoms with Gasteiger partial charge in [-0.3, -0.25) is 9.69 Å². The van der Waals surface area contributed by atoms with Gasteiger partial charge < -0.3 is 9.47 Å². The molecule has 142 valence electrons. The molecule has 0 saturated carbocycles. The van der Waals surface area contributed by atoms with Crippen LogP contribution in [-0.4, -0.2) is 50.1 Å². The van der Waals surface area contributed by atoms with E-state index in [9.17, 15) is 4.79 Å². The van der Waals surface area contributed by atoms with Crippen LogP contribution in [0, 0.1) is 0 Å². The molecule has 1 fully saturated rings. The minimum atomic E-state index is -0.0753. The largest absolute Gasteiger partial charge is 0.494 e. The zero-order valence-electron chi connectivity index (χ0n) is 15.3. The van der Waals surface area contributed by atoms with Gasteiger partial charge in [-0.25, -0.2) is 0 Å². The molecular formula is C22H24ClNO3. The predicted molar refractivity (Wildman–Crippen MR) is 109 cm³/mol. The minimum Gasteiger partial charge on any atom is -0.494 e. The molecule has 2 aromatic carbocycles. The molecule has 0 spiro atoms. The van der Waals surface area contributed by atoms with E-state index in [0.29, 0.717) is 22.9 Å². The number of hydrogen-bond donors (Lipinski definition) is 0. The van der Waals surface area contributed by atoms with Crippen LogP contribution in [0.3, 0.4) is 0 Å². The fourth-order valence-electron chi connectivity index (χ4n) is 2.91. The third-order valence-electron chi connectivity index (χ3n) is 4.43. The molecule has 0 bridgehead atoms. The summed E-state index contributed by atoms with van der Waals surface area (Å²) in [6.45, 7) is 5.23. The second kappa shape index (κ2) is 10.3. The first-order valence-corrected chi connectivity index (χ1v) is 9.60. The van der Waals surface area contributed by atoms with Gasteiger partial charge in [0.15, 0.2) is 5.78 Å². The highest BCUT2D eigenvalue weighted by Crippen LogP contribution is 2.18. The lowest BCUT2D eigenvalue weighted by molar-refractivity contribution is 0.0358. The summed E-state index contributed by atoms with van der Waals surface area (Å²) in [5.41, 5.74) is 1.42. The summed E-state index contributed by atoms with van der Waals surface area (Å²) >= 11 is 6.11. The first-order chi connectivity index (χ1) is 13.2. The van der Waals surface area contributed by atoms with Crippen molar-refractivity contribution in [1.29, 1.82) is 0 Å². The van der Waals surface area contributed by atoms with E-state index in [4.69, 9.17) is 21.1 Å². The van der Waals surface area contributed by atoms with Crippen molar-refractivity contribution in [2.45, 2.75) is 6.42 Å². The molecule has 1 aliphatic heterocycles. The van der Waals surface area contributed by atoms with E-state index in [1.54, 1.807) is 30.4 Å². The highest BCUT2D eigenvalue weighted by Gasteiger charge is 2.09. The Balaban J connectivity index is 1.50. The number of rotatable bonds is 8. The van der Waals surface area contributed by atoms with Crippen LogP contribution in [0.4, 0.5) is 0 Å². The molecule has 1 saturated heterocycles. The first-order valence-electron chi connectivity index (χ1n) is 9.22. The standard InChI is InChI=1S/C22H24ClNO3/c23-21-8-2-1-5-18(21)9-10-22(25)19-6-3-7-20(17-19)27-14-4-11-24-12-15-26-16-13-24/h1-3,5-10,17H,4,11-16H2/b10-9+. The maximum absolute atomic E-state index is 12.4. The van der Waals surface area contributed by atoms with Gasteiger partial charge in [0.1, 0.15) is 5.75 Å². The van der Waals surface area contributed by atoms with Crippen LogP contribution in [0.2, 0.25) is 5.02 Å². The molecule has 0 unspecified atom stereocenters. The third-order valence-corrected chi connectivity index (χ3v) is 4.77. The second-order valence-electron chi connectivity index (χ2n) is 6.40. The normalized spacial score (nSPS) is 15.1. The lowest BCUT2D eigenvalue weighted by Crippen LogP contribution is -2.37. The molecule has 0 N–H and O–H groups in total. The third kappa shape index (κ3) is 6.21. The Bertz CT molecular complexity index is 785. The number of nitrogens with zero attached hydrogens (tertiary/aromatic N) is 1. The van der Waals surface area contributed by atoms with Crippen LogP contribution in [-0.2, 0) is 4.74 Å². The zero-order valence-corrected chi connectivity index (χ0v) is 16.0. The van der Waals surface area contributed by atoms with Crippen molar-refractivity contribution >= 4 is 23.5 Å². The lowest BCUT2D eigenvalue weighted by Gasteiger charge is -2.26. The Morgan fingerprint density at radius 2 is 1.96 bits per heavy atom. The molecule has 5 heteroatoms. The highest BCUT2D eigenvalue weighted by molar-refractivity contribution is 6.32. The molecular weight excluding hydrogens is 362 g/mol. The van der Waals surface area contributed by atoms with Gasteiger partial charge in [0.05, 0.1) is 19.8 Å². The Morgan fingerprint density at radius 1 is 1.15 bits per heavy atom. The van der Waals surface area contributed by atoms with Gasteiger partial charge in [-0.15, -0.1) is 0 Å². The number of allylic oxidation sites excluding steroid dienone is 1. The quantitative estimate of drug-likeness (QED) is 0.385. The maximum Gasteiger partial charge on any atom is 0.185 e. The number of morpholine rings is 1. The number of hydrogen-bond acceptors (Lipinski definition) is 4. The number of ether oxygens (including phenoxy) is 2. The fourth-order valence-corrected chi connectivity index (χ4v) is 3.11. The zero-order chi connectivity index (χ0) is 18.9. The number of carbonyl (C=O) groups excluding carboxylic acids is 1. The predicted octanol–water partition coefficient (Wildman–Crippen LogP) is 4.34. The van der Waals surface area contributed by atoms with Gasteiger partial charge in [0.2, 0.25) is 0 Å². The van der Waals surface area contributed by atoms with E-state index >= 15 is 0 Å². The van der Waals surface area contributed by atoms with Crippen molar-refractivity contribution in [3.63, 3.8) is 0 Å². The van der Waals surface area contributed by atoms with Gasteiger partial charge >= 0.3 is 0 Å². The summed E-state index contributed by atoms with van der Waals surface area (Å²) < 4.78 is 11.2. The van der Waals surface area contributed by atoms with Gasteiger partial charge in [-0.2, -0.15) is 0 Å². The Hall–Kier alpha value is -2.14. The van der Waals surface area contributed by atoms with Crippen LogP contribution in [0.15, 0.2) is 54.6 Å². The smallest absolute Gasteiger partial charge is 0.185 e. The van der Waals surface area contributed by atoms with Gasteiger partial charge in [-0.1, -0.05) is 41.9 Å². The van der Waals surface area contributed by atoms with E-state index in [1.165, 1.54) is 0 Å². The topological polar surface area (TPSA) is 38.8 Å². The molecule has 0 aliphatic carbocycles. The lowest BCUT2D eigenvalue weighted by atomic mass is 10.1. The summed E-state index contributed by atoms with van der Waals surface area (Å²) in [6, 6.07) is 14.7. The van der Waals surface area contributed by atoms with Gasteiger partial charge in [0.25, 0.3) is 0 Å². The van der Waals surface area contributed by atoms with E-state index in [-0.39, 0.29) is 5.78 Å². The average Bonchev–Trinajstić information content (AvgIpc) is 2.71. The van der Waals surface area contributed by atoms with Crippen molar-refractivity contribution in [2.24, 2.45) is 0 Å². The molecule has 0 radical (unpaired) electrons. The molecule has 0 amide bonds. The fraction of sp³-hybridized carbons (Fsp3) is 0.318. The summed E-state index contributed by atoms with van der Waals surface area (Å²) in [5.74, 6) is 0.641. The van der Waals surface area contributed by atoms with Crippen molar-refractivity contribution in [1.82, 2.24) is 4.90 Å². The Labute approximate surface area is 165 Å². The summed E-state index contributed by atoms with van der Waals surface area (Å²) in [6.07, 6.45) is 4.23. The second-order valence-corrected chi connectivity index (χ2v) is 6.81. The van der Waals surface area contributed by atoms with E-state index in [2.05, 4.69) is 4.90 Å². The Morgan fingerprint density at radius 3 is 2.78 bits per heavy atom. The number of carbonyl (C=O) groups is 1. The van der Waals surface area contributed by atoms with E-state index in [1.807, 2.05) is 30.3 Å². The molecule has 4 nitrogen and oxygen atoms in total. The van der Waals surface area contributed by atoms with Crippen LogP contribution < -0.4 is 4.74 Å². The number of ketones is 1. The number of benzene rings is 2. The van der Waals surface area contributed by atoms with Crippen LogP contribution in [0.5, 0.6) is 5.75 Å². The minimum absolute atomic E-state index is 0.0753. The molecule has 2 aromatic rings. The average molecular weight is 386 g/mol. The van der Waals surface area contributed by atoms with Crippen LogP contribution in [0.1, 0.15) is 22.3 Å². The Kier molecular flexibility index (Phi) is 7.45. The molecule has 0 atom stereocenters. The molecule has 3 rings (SSSR count). The SMILES string of the molecule is O=C(/C=C/c1ccccc1Cl)c1cccc(OCCCN2CCOCC2)c1. The number of halogens is 1. The molecule has 1 aliphatic rings. The molecule has 27 heavy (non-hydrogen) atoms. The van der Waals surface area contributed by atoms with Gasteiger partial charge in [-0.05, 0) is 42.3 Å². The van der Waals surface area contributed by atoms with E-state index < -0.39 is 0 Å². The summed E-state index contributed by atoms with van der Waals surface area (Å²) in [5, 5.41) is 0.624. The molecule has 0 aromatic heterocycles. The molecule has 1 heterocycles. The van der Waals surface area contributed by atoms with Crippen LogP contribution >= 0.6 is 11.6 Å².